The molecule has 0 bridgehead atoms. The van der Waals surface area contributed by atoms with E-state index >= 15 is 0 Å². The van der Waals surface area contributed by atoms with Gasteiger partial charge < -0.3 is 15.0 Å². The molecule has 5 nitrogen and oxygen atoms in total. The Morgan fingerprint density at radius 2 is 1.89 bits per heavy atom. The molecule has 0 radical (unpaired) electrons. The van der Waals surface area contributed by atoms with E-state index in [9.17, 15) is 5.11 Å². The quantitative estimate of drug-likeness (QED) is 0.862. The maximum atomic E-state index is 9.73. The highest BCUT2D eigenvalue weighted by molar-refractivity contribution is 5.42. The van der Waals surface area contributed by atoms with Gasteiger partial charge in [0, 0.05) is 13.1 Å². The van der Waals surface area contributed by atoms with Crippen LogP contribution >= 0.6 is 0 Å². The molecule has 1 aromatic carbocycles. The molecule has 0 saturated heterocycles. The third-order valence-electron chi connectivity index (χ3n) is 3.20. The van der Waals surface area contributed by atoms with Crippen LogP contribution < -0.4 is 5.32 Å². The lowest BCUT2D eigenvalue weighted by atomic mass is 10.1. The van der Waals surface area contributed by atoms with Gasteiger partial charge in [-0.05, 0) is 37.5 Å². The second-order valence-electron chi connectivity index (χ2n) is 4.71. The van der Waals surface area contributed by atoms with Crippen molar-refractivity contribution in [2.45, 2.75) is 40.4 Å². The molecule has 0 aliphatic rings. The second-order valence-corrected chi connectivity index (χ2v) is 4.71. The predicted molar refractivity (Wildman–Crippen MR) is 73.8 cm³/mol. The lowest BCUT2D eigenvalue weighted by molar-refractivity contribution is 0.466. The number of hydrogen-bond donors (Lipinski definition) is 2. The summed E-state index contributed by atoms with van der Waals surface area (Å²) >= 11 is 0. The molecule has 2 rings (SSSR count). The minimum Gasteiger partial charge on any atom is -0.507 e. The van der Waals surface area contributed by atoms with Crippen LogP contribution in [0, 0.1) is 13.8 Å². The van der Waals surface area contributed by atoms with E-state index in [1.807, 2.05) is 30.5 Å². The molecule has 1 aromatic heterocycles. The van der Waals surface area contributed by atoms with Crippen LogP contribution in [0.2, 0.25) is 0 Å². The van der Waals surface area contributed by atoms with Gasteiger partial charge in [0.25, 0.3) is 0 Å². The van der Waals surface area contributed by atoms with Crippen LogP contribution in [-0.4, -0.2) is 19.9 Å². The van der Waals surface area contributed by atoms with E-state index in [0.29, 0.717) is 12.3 Å². The van der Waals surface area contributed by atoms with Crippen molar-refractivity contribution >= 4 is 0 Å². The number of phenols is 1. The Hall–Kier alpha value is -1.88. The normalized spacial score (nSPS) is 10.9. The molecule has 0 aliphatic heterocycles. The van der Waals surface area contributed by atoms with E-state index in [1.165, 1.54) is 0 Å². The molecule has 1 heterocycles. The van der Waals surface area contributed by atoms with Crippen LogP contribution in [-0.2, 0) is 19.6 Å². The monoisotopic (exact) mass is 260 g/mol. The van der Waals surface area contributed by atoms with Gasteiger partial charge in [0.05, 0.1) is 6.54 Å². The Balaban J connectivity index is 1.96. The Bertz CT molecular complexity index is 539. The molecule has 2 N–H and O–H groups in total. The van der Waals surface area contributed by atoms with E-state index < -0.39 is 0 Å². The van der Waals surface area contributed by atoms with Gasteiger partial charge >= 0.3 is 0 Å². The van der Waals surface area contributed by atoms with E-state index in [0.717, 1.165) is 35.6 Å². The van der Waals surface area contributed by atoms with Crippen molar-refractivity contribution in [1.82, 2.24) is 20.1 Å². The maximum absolute atomic E-state index is 9.73. The van der Waals surface area contributed by atoms with E-state index in [2.05, 4.69) is 22.4 Å². The standard InChI is InChI=1S/C14H20N4O/c1-4-18-9-16-17-13(18)8-15-7-12-5-10(2)14(19)11(3)6-12/h5-6,9,15,19H,4,7-8H2,1-3H3. The van der Waals surface area contributed by atoms with Gasteiger partial charge in [0.2, 0.25) is 0 Å². The summed E-state index contributed by atoms with van der Waals surface area (Å²) in [7, 11) is 0. The highest BCUT2D eigenvalue weighted by Gasteiger charge is 2.05. The Morgan fingerprint density at radius 3 is 2.53 bits per heavy atom. The van der Waals surface area contributed by atoms with E-state index in [-0.39, 0.29) is 0 Å². The van der Waals surface area contributed by atoms with Crippen LogP contribution in [0.4, 0.5) is 0 Å². The summed E-state index contributed by atoms with van der Waals surface area (Å²) in [6.07, 6.45) is 1.74. The molecular weight excluding hydrogens is 240 g/mol. The molecule has 0 fully saturated rings. The second kappa shape index (κ2) is 5.84. The summed E-state index contributed by atoms with van der Waals surface area (Å²) < 4.78 is 2.01. The molecule has 0 spiro atoms. The molecule has 102 valence electrons. The van der Waals surface area contributed by atoms with Crippen LogP contribution in [0.1, 0.15) is 29.4 Å². The first-order chi connectivity index (χ1) is 9.11. The van der Waals surface area contributed by atoms with E-state index in [1.54, 1.807) is 6.33 Å². The molecule has 0 unspecified atom stereocenters. The van der Waals surface area contributed by atoms with Crippen molar-refractivity contribution in [3.8, 4) is 5.75 Å². The number of nitrogens with one attached hydrogen (secondary N) is 1. The molecule has 0 saturated carbocycles. The van der Waals surface area contributed by atoms with Crippen LogP contribution in [0.5, 0.6) is 5.75 Å². The Kier molecular flexibility index (Phi) is 4.16. The van der Waals surface area contributed by atoms with Crippen molar-refractivity contribution in [2.75, 3.05) is 0 Å². The SMILES string of the molecule is CCn1cnnc1CNCc1cc(C)c(O)c(C)c1. The zero-order chi connectivity index (χ0) is 13.8. The number of phenolic OH excluding ortho intramolecular Hbond substituents is 1. The van der Waals surface area contributed by atoms with Crippen molar-refractivity contribution in [3.05, 3.63) is 41.0 Å². The van der Waals surface area contributed by atoms with Crippen molar-refractivity contribution in [2.24, 2.45) is 0 Å². The highest BCUT2D eigenvalue weighted by Crippen LogP contribution is 2.22. The lowest BCUT2D eigenvalue weighted by Crippen LogP contribution is -2.16. The molecular formula is C14H20N4O. The average Bonchev–Trinajstić information content (AvgIpc) is 2.83. The molecule has 5 heteroatoms. The first kappa shape index (κ1) is 13.5. The molecule has 19 heavy (non-hydrogen) atoms. The smallest absolute Gasteiger partial charge is 0.146 e. The number of aryl methyl sites for hydroxylation is 3. The van der Waals surface area contributed by atoms with Gasteiger partial charge in [-0.15, -0.1) is 10.2 Å². The number of hydrogen-bond acceptors (Lipinski definition) is 4. The number of rotatable bonds is 5. The van der Waals surface area contributed by atoms with Gasteiger partial charge in [-0.3, -0.25) is 0 Å². The van der Waals surface area contributed by atoms with Crippen LogP contribution in [0.15, 0.2) is 18.5 Å². The van der Waals surface area contributed by atoms with Crippen molar-refractivity contribution < 1.29 is 5.11 Å². The number of aromatic hydroxyl groups is 1. The van der Waals surface area contributed by atoms with Crippen molar-refractivity contribution in [1.29, 1.82) is 0 Å². The fraction of sp³-hybridized carbons (Fsp3) is 0.429. The van der Waals surface area contributed by atoms with E-state index in [4.69, 9.17) is 0 Å². The van der Waals surface area contributed by atoms with Crippen molar-refractivity contribution in [3.63, 3.8) is 0 Å². The topological polar surface area (TPSA) is 63.0 Å². The third kappa shape index (κ3) is 3.12. The summed E-state index contributed by atoms with van der Waals surface area (Å²) in [6.45, 7) is 8.21. The zero-order valence-electron chi connectivity index (χ0n) is 11.6. The number of nitrogens with zero attached hydrogens (tertiary/aromatic N) is 3. The van der Waals surface area contributed by atoms with Gasteiger partial charge in [-0.2, -0.15) is 0 Å². The first-order valence-electron chi connectivity index (χ1n) is 6.48. The largest absolute Gasteiger partial charge is 0.507 e. The summed E-state index contributed by atoms with van der Waals surface area (Å²) in [5, 5.41) is 21.1. The zero-order valence-corrected chi connectivity index (χ0v) is 11.6. The molecule has 0 aliphatic carbocycles. The number of aromatic nitrogens is 3. The minimum absolute atomic E-state index is 0.384. The highest BCUT2D eigenvalue weighted by atomic mass is 16.3. The third-order valence-corrected chi connectivity index (χ3v) is 3.20. The number of benzene rings is 1. The molecule has 2 aromatic rings. The van der Waals surface area contributed by atoms with Gasteiger partial charge in [0.1, 0.15) is 17.9 Å². The fourth-order valence-electron chi connectivity index (χ4n) is 2.15. The molecule has 0 atom stereocenters. The van der Waals surface area contributed by atoms with Gasteiger partial charge in [-0.25, -0.2) is 0 Å². The first-order valence-corrected chi connectivity index (χ1v) is 6.48. The predicted octanol–water partition coefficient (Wildman–Crippen LogP) is 1.91. The van der Waals surface area contributed by atoms with Gasteiger partial charge in [0.15, 0.2) is 0 Å². The lowest BCUT2D eigenvalue weighted by Gasteiger charge is -2.09. The summed E-state index contributed by atoms with van der Waals surface area (Å²) in [6, 6.07) is 4.00. The average molecular weight is 260 g/mol. The van der Waals surface area contributed by atoms with Crippen LogP contribution in [0.3, 0.4) is 0 Å². The summed E-state index contributed by atoms with van der Waals surface area (Å²) in [4.78, 5) is 0. The minimum atomic E-state index is 0.384. The molecule has 0 amide bonds. The fourth-order valence-corrected chi connectivity index (χ4v) is 2.15. The summed E-state index contributed by atoms with van der Waals surface area (Å²) in [5.74, 6) is 1.32. The maximum Gasteiger partial charge on any atom is 0.146 e. The Morgan fingerprint density at radius 1 is 1.21 bits per heavy atom. The summed E-state index contributed by atoms with van der Waals surface area (Å²) in [5.41, 5.74) is 2.98. The van der Waals surface area contributed by atoms with Crippen LogP contribution in [0.25, 0.3) is 0 Å². The Labute approximate surface area is 113 Å². The van der Waals surface area contributed by atoms with Gasteiger partial charge in [-0.1, -0.05) is 12.1 Å².